The molecular weight excluding hydrogens is 688 g/mol. The molecule has 0 aromatic carbocycles. The van der Waals surface area contributed by atoms with Gasteiger partial charge in [-0.25, -0.2) is 9.59 Å². The van der Waals surface area contributed by atoms with Gasteiger partial charge in [0.2, 0.25) is 12.1 Å². The van der Waals surface area contributed by atoms with E-state index in [1.54, 1.807) is 18.4 Å². The minimum absolute atomic E-state index is 0.00866. The van der Waals surface area contributed by atoms with Crippen LogP contribution < -0.4 is 16.0 Å². The van der Waals surface area contributed by atoms with E-state index in [-0.39, 0.29) is 61.8 Å². The van der Waals surface area contributed by atoms with E-state index < -0.39 is 67.1 Å². The quantitative estimate of drug-likeness (QED) is 0.0195. The SMILES string of the molecule is C=C[C@H]1[C@H](O[C@@H]2O[C@H](CO)[C@@H](O)C(O)(O)[C@H]2O)OC=C(C(=O)OC2CCCCC2)[C@H]1/C=C/C1=C[NH+](CCO)CC(C(=O)O)=C1NC(N)=NCCCO. The van der Waals surface area contributed by atoms with E-state index in [1.807, 2.05) is 0 Å². The van der Waals surface area contributed by atoms with Gasteiger partial charge in [0.25, 0.3) is 0 Å². The molecule has 0 spiro atoms. The van der Waals surface area contributed by atoms with E-state index in [9.17, 15) is 45.3 Å². The first-order valence-corrected chi connectivity index (χ1v) is 17.3. The van der Waals surface area contributed by atoms with Gasteiger partial charge in [-0.3, -0.25) is 4.99 Å². The monoisotopic (exact) mass is 739 g/mol. The molecule has 3 heterocycles. The smallest absolute Gasteiger partial charge is 0.339 e. The van der Waals surface area contributed by atoms with Crippen molar-refractivity contribution in [3.8, 4) is 0 Å². The molecule has 1 saturated heterocycles. The molecule has 0 bridgehead atoms. The van der Waals surface area contributed by atoms with Gasteiger partial charge in [-0.1, -0.05) is 24.6 Å². The number of nitrogens with zero attached hydrogens (tertiary/aromatic N) is 1. The molecule has 52 heavy (non-hydrogen) atoms. The molecule has 18 heteroatoms. The highest BCUT2D eigenvalue weighted by Crippen LogP contribution is 2.38. The van der Waals surface area contributed by atoms with Gasteiger partial charge in [-0.05, 0) is 32.1 Å². The summed E-state index contributed by atoms with van der Waals surface area (Å²) in [6.07, 6.45) is 2.44. The molecule has 3 aliphatic heterocycles. The number of carboxylic acids is 1. The molecule has 1 unspecified atom stereocenters. The summed E-state index contributed by atoms with van der Waals surface area (Å²) in [6, 6.07) is 0. The maximum atomic E-state index is 13.7. The number of guanidine groups is 1. The predicted octanol–water partition coefficient (Wildman–Crippen LogP) is -3.39. The number of carboxylic acid groups (broad SMARTS) is 1. The number of esters is 1. The van der Waals surface area contributed by atoms with E-state index in [1.165, 1.54) is 6.08 Å². The first-order valence-electron chi connectivity index (χ1n) is 17.3. The molecule has 4 aliphatic rings. The van der Waals surface area contributed by atoms with E-state index in [0.29, 0.717) is 29.7 Å². The highest BCUT2D eigenvalue weighted by molar-refractivity contribution is 5.92. The standard InChI is InChI=1S/C34H50N4O14/c1-2-21-22(10-9-19-15-38(12-14-40)16-23(29(44)45)26(19)37-33(35)36-11-6-13-39)24(30(46)50-20-7-4-3-5-8-20)18-49-31(21)52-32-28(43)34(47,48)27(42)25(17-41)51-32/h2,9-10,15,18,20-22,25,27-28,31-32,39-43,47-48H,1,3-8,11-14,16-17H2,(H,44,45)(H3,35,36,37)/p+1/b10-9+/t21-,22+,25-,27-,28+,31+,32+/m1/s1. The highest BCUT2D eigenvalue weighted by Gasteiger charge is 2.56. The molecule has 0 radical (unpaired) electrons. The molecule has 18 nitrogen and oxygen atoms in total. The Hall–Kier alpha value is -3.69. The molecule has 0 aromatic heterocycles. The van der Waals surface area contributed by atoms with Crippen LogP contribution in [0.15, 0.2) is 64.7 Å². The number of aliphatic imine (C=N–C) groups is 1. The number of aliphatic hydroxyl groups is 7. The van der Waals surface area contributed by atoms with Gasteiger partial charge in [0, 0.05) is 19.1 Å². The Balaban J connectivity index is 1.73. The number of nitrogens with two attached hydrogens (primary N) is 1. The summed E-state index contributed by atoms with van der Waals surface area (Å²) in [6.45, 7) is 3.01. The number of carbonyl (C=O) groups excluding carboxylic acids is 1. The van der Waals surface area contributed by atoms with Gasteiger partial charge in [0.05, 0.1) is 42.2 Å². The number of hydrogen-bond acceptors (Lipinski definition) is 14. The number of nitrogens with one attached hydrogen (secondary N) is 2. The summed E-state index contributed by atoms with van der Waals surface area (Å²) in [5, 5.41) is 83.0. The van der Waals surface area contributed by atoms with Crippen molar-refractivity contribution in [3.63, 3.8) is 0 Å². The van der Waals surface area contributed by atoms with Crippen molar-refractivity contribution in [1.29, 1.82) is 0 Å². The molecule has 12 N–H and O–H groups in total. The van der Waals surface area contributed by atoms with Crippen LogP contribution in [0, 0.1) is 11.8 Å². The van der Waals surface area contributed by atoms with E-state index in [4.69, 9.17) is 29.8 Å². The number of rotatable bonds is 15. The zero-order chi connectivity index (χ0) is 38.0. The molecule has 4 rings (SSSR count). The molecule has 0 aromatic rings. The third kappa shape index (κ3) is 9.84. The third-order valence-corrected chi connectivity index (χ3v) is 9.37. The van der Waals surface area contributed by atoms with Crippen LogP contribution in [0.1, 0.15) is 38.5 Å². The Morgan fingerprint density at radius 2 is 1.85 bits per heavy atom. The van der Waals surface area contributed by atoms with Crippen LogP contribution in [-0.4, -0.2) is 141 Å². The lowest BCUT2D eigenvalue weighted by Crippen LogP contribution is -3.09. The topological polar surface area (TPSA) is 288 Å². The van der Waals surface area contributed by atoms with Crippen molar-refractivity contribution in [2.75, 3.05) is 39.5 Å². The van der Waals surface area contributed by atoms with Crippen molar-refractivity contribution in [1.82, 2.24) is 5.32 Å². The number of aliphatic carboxylic acids is 1. The Labute approximate surface area is 300 Å². The van der Waals surface area contributed by atoms with Crippen molar-refractivity contribution < 1.29 is 74.3 Å². The zero-order valence-corrected chi connectivity index (χ0v) is 28.7. The fourth-order valence-electron chi connectivity index (χ4n) is 6.48. The molecule has 1 saturated carbocycles. The van der Waals surface area contributed by atoms with Crippen molar-refractivity contribution in [3.05, 3.63) is 59.7 Å². The lowest BCUT2D eigenvalue weighted by Gasteiger charge is -2.46. The maximum Gasteiger partial charge on any atom is 0.339 e. The second-order valence-electron chi connectivity index (χ2n) is 13.0. The second-order valence-corrected chi connectivity index (χ2v) is 13.0. The maximum absolute atomic E-state index is 13.7. The Kier molecular flexibility index (Phi) is 14.9. The van der Waals surface area contributed by atoms with Crippen LogP contribution in [0.25, 0.3) is 0 Å². The molecule has 0 amide bonds. The van der Waals surface area contributed by atoms with Gasteiger partial charge in [0.15, 0.2) is 18.4 Å². The first kappa shape index (κ1) is 41.1. The average molecular weight is 740 g/mol. The Morgan fingerprint density at radius 3 is 2.48 bits per heavy atom. The average Bonchev–Trinajstić information content (AvgIpc) is 3.12. The molecule has 1 aliphatic carbocycles. The van der Waals surface area contributed by atoms with E-state index >= 15 is 0 Å². The molecular formula is C34H51N4O14+. The fraction of sp³-hybridized carbons (Fsp3) is 0.618. The number of aliphatic hydroxyl groups excluding tert-OH is 5. The number of quaternary nitrogens is 1. The van der Waals surface area contributed by atoms with Crippen LogP contribution in [0.4, 0.5) is 0 Å². The van der Waals surface area contributed by atoms with E-state index in [2.05, 4.69) is 16.9 Å². The fourth-order valence-corrected chi connectivity index (χ4v) is 6.48. The van der Waals surface area contributed by atoms with E-state index in [0.717, 1.165) is 25.5 Å². The summed E-state index contributed by atoms with van der Waals surface area (Å²) < 4.78 is 22.9. The van der Waals surface area contributed by atoms with Gasteiger partial charge in [0.1, 0.15) is 43.2 Å². The molecule has 290 valence electrons. The van der Waals surface area contributed by atoms with Gasteiger partial charge < -0.3 is 75.8 Å². The lowest BCUT2D eigenvalue weighted by molar-refractivity contribution is -0.843. The van der Waals surface area contributed by atoms with Crippen LogP contribution in [-0.2, 0) is 28.5 Å². The summed E-state index contributed by atoms with van der Waals surface area (Å²) >= 11 is 0. The highest BCUT2D eigenvalue weighted by atomic mass is 16.8. The summed E-state index contributed by atoms with van der Waals surface area (Å²) in [5.74, 6) is -7.05. The van der Waals surface area contributed by atoms with Crippen LogP contribution >= 0.6 is 0 Å². The van der Waals surface area contributed by atoms with Crippen LogP contribution in [0.2, 0.25) is 0 Å². The number of ether oxygens (including phenoxy) is 4. The normalized spacial score (nSPS) is 31.4. The zero-order valence-electron chi connectivity index (χ0n) is 28.7. The third-order valence-electron chi connectivity index (χ3n) is 9.37. The van der Waals surface area contributed by atoms with Crippen molar-refractivity contribution in [2.45, 2.75) is 81.3 Å². The van der Waals surface area contributed by atoms with Crippen LogP contribution in [0.3, 0.4) is 0 Å². The molecule has 8 atom stereocenters. The van der Waals surface area contributed by atoms with Gasteiger partial charge in [-0.15, -0.1) is 6.58 Å². The minimum Gasteiger partial charge on any atom is -0.478 e. The summed E-state index contributed by atoms with van der Waals surface area (Å²) in [4.78, 5) is 30.9. The predicted molar refractivity (Wildman–Crippen MR) is 180 cm³/mol. The van der Waals surface area contributed by atoms with Crippen molar-refractivity contribution >= 4 is 17.9 Å². The molecule has 2 fully saturated rings. The number of carbonyl (C=O) groups is 2. The van der Waals surface area contributed by atoms with Gasteiger partial charge in [-0.2, -0.15) is 0 Å². The van der Waals surface area contributed by atoms with Gasteiger partial charge >= 0.3 is 11.9 Å². The van der Waals surface area contributed by atoms with Crippen LogP contribution in [0.5, 0.6) is 0 Å². The first-order chi connectivity index (χ1) is 24.9. The number of hydrogen-bond donors (Lipinski definition) is 11. The number of allylic oxidation sites excluding steroid dienone is 2. The summed E-state index contributed by atoms with van der Waals surface area (Å²) in [5.41, 5.74) is 6.49. The second kappa shape index (κ2) is 18.9. The summed E-state index contributed by atoms with van der Waals surface area (Å²) in [7, 11) is 0. The lowest BCUT2D eigenvalue weighted by atomic mass is 9.83. The Bertz CT molecular complexity index is 1420. The van der Waals surface area contributed by atoms with Crippen molar-refractivity contribution in [2.24, 2.45) is 22.6 Å². The Morgan fingerprint density at radius 1 is 1.12 bits per heavy atom. The largest absolute Gasteiger partial charge is 0.478 e. The minimum atomic E-state index is -3.13.